The first kappa shape index (κ1) is 21.8. The van der Waals surface area contributed by atoms with Gasteiger partial charge in [0.05, 0.1) is 19.6 Å². The van der Waals surface area contributed by atoms with Crippen LogP contribution in [0.3, 0.4) is 0 Å². The summed E-state index contributed by atoms with van der Waals surface area (Å²) in [6.45, 7) is 9.43. The Morgan fingerprint density at radius 3 is 2.37 bits per heavy atom. The van der Waals surface area contributed by atoms with E-state index in [1.54, 1.807) is 0 Å². The van der Waals surface area contributed by atoms with Crippen LogP contribution in [0.1, 0.15) is 23.1 Å². The molecule has 2 aromatic carbocycles. The van der Waals surface area contributed by atoms with Gasteiger partial charge in [-0.3, -0.25) is 14.5 Å². The van der Waals surface area contributed by atoms with E-state index < -0.39 is 0 Å². The molecule has 2 amide bonds. The number of piperazine rings is 1. The van der Waals surface area contributed by atoms with Gasteiger partial charge in [-0.1, -0.05) is 30.3 Å². The summed E-state index contributed by atoms with van der Waals surface area (Å²) in [4.78, 5) is 28.8. The highest BCUT2D eigenvalue weighted by Crippen LogP contribution is 2.18. The number of carbonyl (C=O) groups is 2. The normalized spacial score (nSPS) is 14.4. The van der Waals surface area contributed by atoms with E-state index in [0.29, 0.717) is 45.8 Å². The number of benzene rings is 2. The van der Waals surface area contributed by atoms with Gasteiger partial charge in [-0.25, -0.2) is 0 Å². The first-order valence-corrected chi connectivity index (χ1v) is 10.5. The zero-order valence-electron chi connectivity index (χ0n) is 18.1. The van der Waals surface area contributed by atoms with E-state index >= 15 is 0 Å². The summed E-state index contributed by atoms with van der Waals surface area (Å²) in [5.74, 6) is 0.906. The molecule has 0 radical (unpaired) electrons. The minimum atomic E-state index is -0.0184. The number of para-hydroxylation sites is 1. The number of amides is 2. The van der Waals surface area contributed by atoms with Gasteiger partial charge < -0.3 is 15.0 Å². The molecule has 0 saturated carbocycles. The fraction of sp³-hybridized carbons (Fsp3) is 0.417. The largest absolute Gasteiger partial charge is 0.493 e. The van der Waals surface area contributed by atoms with Gasteiger partial charge >= 0.3 is 0 Å². The predicted molar refractivity (Wildman–Crippen MR) is 119 cm³/mol. The second-order valence-electron chi connectivity index (χ2n) is 7.82. The Morgan fingerprint density at radius 2 is 1.63 bits per heavy atom. The molecule has 1 N–H and O–H groups in total. The predicted octanol–water partition coefficient (Wildman–Crippen LogP) is 3.16. The quantitative estimate of drug-likeness (QED) is 0.763. The minimum Gasteiger partial charge on any atom is -0.493 e. The molecule has 1 fully saturated rings. The van der Waals surface area contributed by atoms with Crippen LogP contribution in [0.4, 0.5) is 5.69 Å². The third-order valence-corrected chi connectivity index (χ3v) is 5.64. The second kappa shape index (κ2) is 10.3. The van der Waals surface area contributed by atoms with Gasteiger partial charge in [0.1, 0.15) is 5.75 Å². The first-order chi connectivity index (χ1) is 14.4. The Balaban J connectivity index is 1.38. The fourth-order valence-corrected chi connectivity index (χ4v) is 3.56. The van der Waals surface area contributed by atoms with Gasteiger partial charge in [0.25, 0.3) is 0 Å². The van der Waals surface area contributed by atoms with Crippen LogP contribution < -0.4 is 10.1 Å². The highest BCUT2D eigenvalue weighted by atomic mass is 16.5. The van der Waals surface area contributed by atoms with Crippen molar-refractivity contribution in [2.45, 2.75) is 27.2 Å². The molecule has 6 nitrogen and oxygen atoms in total. The van der Waals surface area contributed by atoms with Crippen molar-refractivity contribution in [3.05, 3.63) is 59.2 Å². The van der Waals surface area contributed by atoms with Crippen molar-refractivity contribution >= 4 is 17.5 Å². The number of aryl methyl sites for hydroxylation is 2. The van der Waals surface area contributed by atoms with Crippen LogP contribution in [-0.4, -0.2) is 60.9 Å². The lowest BCUT2D eigenvalue weighted by atomic mass is 10.1. The van der Waals surface area contributed by atoms with Crippen LogP contribution >= 0.6 is 0 Å². The van der Waals surface area contributed by atoms with Gasteiger partial charge in [0.2, 0.25) is 11.8 Å². The van der Waals surface area contributed by atoms with Crippen LogP contribution in [0.25, 0.3) is 0 Å². The Labute approximate surface area is 178 Å². The molecule has 1 heterocycles. The lowest BCUT2D eigenvalue weighted by Crippen LogP contribution is -2.50. The summed E-state index contributed by atoms with van der Waals surface area (Å²) < 4.78 is 5.74. The smallest absolute Gasteiger partial charge is 0.238 e. The summed E-state index contributed by atoms with van der Waals surface area (Å²) in [6.07, 6.45) is 0.363. The lowest BCUT2D eigenvalue weighted by Gasteiger charge is -2.34. The molecule has 1 aliphatic heterocycles. The number of nitrogens with one attached hydrogen (secondary N) is 1. The summed E-state index contributed by atoms with van der Waals surface area (Å²) in [5, 5.41) is 3.00. The third kappa shape index (κ3) is 5.83. The Kier molecular flexibility index (Phi) is 7.46. The van der Waals surface area contributed by atoms with Crippen molar-refractivity contribution in [1.82, 2.24) is 9.80 Å². The van der Waals surface area contributed by atoms with Gasteiger partial charge in [-0.2, -0.15) is 0 Å². The molecule has 1 aliphatic rings. The number of ether oxygens (including phenoxy) is 1. The van der Waals surface area contributed by atoms with Gasteiger partial charge in [-0.15, -0.1) is 0 Å². The van der Waals surface area contributed by atoms with Gasteiger partial charge in [0, 0.05) is 31.9 Å². The molecule has 0 aromatic heterocycles. The summed E-state index contributed by atoms with van der Waals surface area (Å²) in [6, 6.07) is 13.7. The topological polar surface area (TPSA) is 61.9 Å². The van der Waals surface area contributed by atoms with Crippen molar-refractivity contribution < 1.29 is 14.3 Å². The standard InChI is InChI=1S/C24H31N3O3/c1-18-8-6-9-21(20(18)3)25-23(28)17-26-12-14-27(15-13-26)24(29)11-16-30-22-10-5-4-7-19(22)2/h4-10H,11-17H2,1-3H3,(H,25,28). The molecule has 0 unspecified atom stereocenters. The van der Waals surface area contributed by atoms with Gasteiger partial charge in [-0.05, 0) is 49.6 Å². The van der Waals surface area contributed by atoms with E-state index in [1.807, 2.05) is 68.1 Å². The number of hydrogen-bond donors (Lipinski definition) is 1. The number of carbonyl (C=O) groups excluding carboxylic acids is 2. The summed E-state index contributed by atoms with van der Waals surface area (Å²) in [7, 11) is 0. The number of anilines is 1. The van der Waals surface area contributed by atoms with Crippen LogP contribution in [-0.2, 0) is 9.59 Å². The van der Waals surface area contributed by atoms with E-state index in [-0.39, 0.29) is 11.8 Å². The van der Waals surface area contributed by atoms with Crippen LogP contribution in [0, 0.1) is 20.8 Å². The Hall–Kier alpha value is -2.86. The molecule has 30 heavy (non-hydrogen) atoms. The maximum Gasteiger partial charge on any atom is 0.238 e. The average Bonchev–Trinajstić information content (AvgIpc) is 2.73. The zero-order valence-corrected chi connectivity index (χ0v) is 18.1. The van der Waals surface area contributed by atoms with Crippen molar-refractivity contribution in [1.29, 1.82) is 0 Å². The average molecular weight is 410 g/mol. The summed E-state index contributed by atoms with van der Waals surface area (Å²) >= 11 is 0. The maximum absolute atomic E-state index is 12.5. The third-order valence-electron chi connectivity index (χ3n) is 5.64. The molecule has 0 bridgehead atoms. The molecule has 160 valence electrons. The monoisotopic (exact) mass is 409 g/mol. The second-order valence-corrected chi connectivity index (χ2v) is 7.82. The highest BCUT2D eigenvalue weighted by Gasteiger charge is 2.22. The molecule has 1 saturated heterocycles. The van der Waals surface area contributed by atoms with E-state index in [0.717, 1.165) is 28.1 Å². The number of nitrogens with zero attached hydrogens (tertiary/aromatic N) is 2. The minimum absolute atomic E-state index is 0.0184. The Bertz CT molecular complexity index is 889. The molecule has 0 spiro atoms. The molecular weight excluding hydrogens is 378 g/mol. The SMILES string of the molecule is Cc1ccccc1OCCC(=O)N1CCN(CC(=O)Nc2cccc(C)c2C)CC1. The van der Waals surface area contributed by atoms with E-state index in [9.17, 15) is 9.59 Å². The molecule has 2 aromatic rings. The number of rotatable bonds is 7. The molecule has 0 aliphatic carbocycles. The lowest BCUT2D eigenvalue weighted by molar-refractivity contribution is -0.133. The zero-order chi connectivity index (χ0) is 21.5. The molecule has 3 rings (SSSR count). The highest BCUT2D eigenvalue weighted by molar-refractivity contribution is 5.93. The van der Waals surface area contributed by atoms with Crippen molar-refractivity contribution in [2.75, 3.05) is 44.6 Å². The number of hydrogen-bond acceptors (Lipinski definition) is 4. The van der Waals surface area contributed by atoms with Gasteiger partial charge in [0.15, 0.2) is 0 Å². The van der Waals surface area contributed by atoms with E-state index in [1.165, 1.54) is 0 Å². The van der Waals surface area contributed by atoms with Crippen LogP contribution in [0.5, 0.6) is 5.75 Å². The maximum atomic E-state index is 12.5. The van der Waals surface area contributed by atoms with Crippen molar-refractivity contribution in [3.63, 3.8) is 0 Å². The fourth-order valence-electron chi connectivity index (χ4n) is 3.56. The van der Waals surface area contributed by atoms with Crippen molar-refractivity contribution in [2.24, 2.45) is 0 Å². The molecule has 6 heteroatoms. The molecule has 0 atom stereocenters. The van der Waals surface area contributed by atoms with Crippen LogP contribution in [0.15, 0.2) is 42.5 Å². The molecular formula is C24H31N3O3. The summed E-state index contributed by atoms with van der Waals surface area (Å²) in [5.41, 5.74) is 4.18. The van der Waals surface area contributed by atoms with E-state index in [4.69, 9.17) is 4.74 Å². The van der Waals surface area contributed by atoms with Crippen LogP contribution in [0.2, 0.25) is 0 Å². The van der Waals surface area contributed by atoms with E-state index in [2.05, 4.69) is 10.2 Å². The van der Waals surface area contributed by atoms with Crippen molar-refractivity contribution in [3.8, 4) is 5.75 Å². The Morgan fingerprint density at radius 1 is 0.933 bits per heavy atom. The first-order valence-electron chi connectivity index (χ1n) is 10.5.